The molecule has 0 saturated heterocycles. The molecular weight excluding hydrogens is 288 g/mol. The van der Waals surface area contributed by atoms with Crippen molar-refractivity contribution >= 4 is 16.8 Å². The van der Waals surface area contributed by atoms with Gasteiger partial charge in [0.1, 0.15) is 0 Å². The number of amides is 1. The second-order valence-electron chi connectivity index (χ2n) is 6.31. The zero-order chi connectivity index (χ0) is 15.6. The maximum absolute atomic E-state index is 12.8. The molecule has 2 aromatic carbocycles. The van der Waals surface area contributed by atoms with Gasteiger partial charge in [0, 0.05) is 22.2 Å². The molecule has 5 rings (SSSR count). The van der Waals surface area contributed by atoms with Gasteiger partial charge in [-0.3, -0.25) is 4.79 Å². The average Bonchev–Trinajstić information content (AvgIpc) is 3.11. The van der Waals surface area contributed by atoms with E-state index in [1.54, 1.807) is 0 Å². The highest BCUT2D eigenvalue weighted by Gasteiger charge is 2.46. The van der Waals surface area contributed by atoms with E-state index >= 15 is 0 Å². The molecule has 3 aromatic rings. The number of hydrogen-bond acceptors (Lipinski definition) is 2. The molecule has 4 nitrogen and oxygen atoms in total. The molecule has 23 heavy (non-hydrogen) atoms. The largest absolute Gasteiger partial charge is 0.394 e. The minimum atomic E-state index is -0.174. The van der Waals surface area contributed by atoms with Gasteiger partial charge in [-0.1, -0.05) is 36.4 Å². The zero-order valence-corrected chi connectivity index (χ0v) is 12.5. The van der Waals surface area contributed by atoms with Crippen LogP contribution in [0, 0.1) is 0 Å². The number of carbonyl (C=O) groups excluding carboxylic acids is 1. The van der Waals surface area contributed by atoms with E-state index in [1.807, 2.05) is 41.3 Å². The third-order valence-corrected chi connectivity index (χ3v) is 5.16. The van der Waals surface area contributed by atoms with E-state index in [0.717, 1.165) is 22.3 Å². The van der Waals surface area contributed by atoms with Crippen molar-refractivity contribution in [3.05, 3.63) is 70.9 Å². The molecular formula is C19H16N2O2. The molecule has 2 N–H and O–H groups in total. The number of benzene rings is 2. The molecule has 0 bridgehead atoms. The molecule has 2 aliphatic heterocycles. The van der Waals surface area contributed by atoms with Crippen LogP contribution in [0.25, 0.3) is 10.9 Å². The normalized spacial score (nSPS) is 22.1. The number of aromatic amines is 1. The molecule has 2 aliphatic rings. The van der Waals surface area contributed by atoms with Crippen LogP contribution in [-0.4, -0.2) is 33.5 Å². The highest BCUT2D eigenvalue weighted by molar-refractivity contribution is 6.01. The first kappa shape index (κ1) is 12.9. The Balaban J connectivity index is 1.82. The minimum absolute atomic E-state index is 0.0187. The molecule has 4 heteroatoms. The van der Waals surface area contributed by atoms with Crippen LogP contribution in [0.2, 0.25) is 0 Å². The molecule has 2 atom stereocenters. The molecule has 0 fully saturated rings. The second-order valence-corrected chi connectivity index (χ2v) is 6.31. The fourth-order valence-electron chi connectivity index (χ4n) is 4.17. The smallest absolute Gasteiger partial charge is 0.255 e. The summed E-state index contributed by atoms with van der Waals surface area (Å²) < 4.78 is 0. The Morgan fingerprint density at radius 3 is 2.78 bits per heavy atom. The lowest BCUT2D eigenvalue weighted by atomic mass is 9.90. The Labute approximate surface area is 133 Å². The van der Waals surface area contributed by atoms with Crippen LogP contribution in [0.4, 0.5) is 0 Å². The summed E-state index contributed by atoms with van der Waals surface area (Å²) in [4.78, 5) is 18.2. The Morgan fingerprint density at radius 1 is 1.13 bits per heavy atom. The summed E-state index contributed by atoms with van der Waals surface area (Å²) in [5, 5.41) is 11.1. The van der Waals surface area contributed by atoms with Crippen molar-refractivity contribution < 1.29 is 9.90 Å². The van der Waals surface area contributed by atoms with Gasteiger partial charge in [-0.2, -0.15) is 0 Å². The molecule has 0 radical (unpaired) electrons. The van der Waals surface area contributed by atoms with Crippen molar-refractivity contribution in [1.82, 2.24) is 9.88 Å². The van der Waals surface area contributed by atoms with Crippen LogP contribution < -0.4 is 0 Å². The predicted molar refractivity (Wildman–Crippen MR) is 87.3 cm³/mol. The van der Waals surface area contributed by atoms with E-state index < -0.39 is 0 Å². The molecule has 114 valence electrons. The van der Waals surface area contributed by atoms with E-state index in [-0.39, 0.29) is 24.6 Å². The fraction of sp³-hybridized carbons (Fsp3) is 0.211. The lowest BCUT2D eigenvalue weighted by Crippen LogP contribution is -2.45. The van der Waals surface area contributed by atoms with Crippen LogP contribution >= 0.6 is 0 Å². The topological polar surface area (TPSA) is 56.3 Å². The number of aromatic nitrogens is 1. The van der Waals surface area contributed by atoms with Crippen molar-refractivity contribution in [3.8, 4) is 0 Å². The maximum atomic E-state index is 12.8. The SMILES string of the molecule is O=C1c2ccccc2[C@H]2c3[nH]c4ccccc4c3C[C@@H](CO)N12. The second kappa shape index (κ2) is 4.46. The van der Waals surface area contributed by atoms with Gasteiger partial charge in [0.05, 0.1) is 18.7 Å². The molecule has 1 amide bonds. The number of fused-ring (bicyclic) bond motifs is 7. The van der Waals surface area contributed by atoms with Gasteiger partial charge in [-0.05, 0) is 29.7 Å². The highest BCUT2D eigenvalue weighted by Crippen LogP contribution is 2.46. The molecule has 0 spiro atoms. The molecule has 0 unspecified atom stereocenters. The third kappa shape index (κ3) is 1.56. The van der Waals surface area contributed by atoms with Gasteiger partial charge in [0.15, 0.2) is 0 Å². The third-order valence-electron chi connectivity index (χ3n) is 5.16. The van der Waals surface area contributed by atoms with Gasteiger partial charge in [-0.15, -0.1) is 0 Å². The molecule has 1 aromatic heterocycles. The van der Waals surface area contributed by atoms with Gasteiger partial charge in [0.25, 0.3) is 5.91 Å². The Bertz CT molecular complexity index is 943. The number of rotatable bonds is 1. The summed E-state index contributed by atoms with van der Waals surface area (Å²) in [7, 11) is 0. The summed E-state index contributed by atoms with van der Waals surface area (Å²) >= 11 is 0. The van der Waals surface area contributed by atoms with Crippen LogP contribution in [0.15, 0.2) is 48.5 Å². The van der Waals surface area contributed by atoms with Crippen molar-refractivity contribution in [2.24, 2.45) is 0 Å². The fourth-order valence-corrected chi connectivity index (χ4v) is 4.17. The lowest BCUT2D eigenvalue weighted by Gasteiger charge is -2.37. The first-order chi connectivity index (χ1) is 11.3. The highest BCUT2D eigenvalue weighted by atomic mass is 16.3. The quantitative estimate of drug-likeness (QED) is 0.726. The summed E-state index contributed by atoms with van der Waals surface area (Å²) in [5.74, 6) is 0.0222. The number of para-hydroxylation sites is 1. The van der Waals surface area contributed by atoms with Crippen molar-refractivity contribution in [2.45, 2.75) is 18.5 Å². The number of carbonyl (C=O) groups is 1. The molecule has 3 heterocycles. The van der Waals surface area contributed by atoms with Crippen molar-refractivity contribution in [3.63, 3.8) is 0 Å². The Kier molecular flexibility index (Phi) is 2.50. The Morgan fingerprint density at radius 2 is 1.91 bits per heavy atom. The minimum Gasteiger partial charge on any atom is -0.394 e. The van der Waals surface area contributed by atoms with E-state index in [2.05, 4.69) is 17.1 Å². The first-order valence-electron chi connectivity index (χ1n) is 7.91. The van der Waals surface area contributed by atoms with E-state index in [9.17, 15) is 9.90 Å². The monoisotopic (exact) mass is 304 g/mol. The molecule has 0 saturated carbocycles. The number of aliphatic hydroxyl groups is 1. The summed E-state index contributed by atoms with van der Waals surface area (Å²) in [6.45, 7) is -0.0187. The van der Waals surface area contributed by atoms with Crippen LogP contribution in [-0.2, 0) is 6.42 Å². The van der Waals surface area contributed by atoms with Crippen LogP contribution in [0.3, 0.4) is 0 Å². The number of nitrogens with zero attached hydrogens (tertiary/aromatic N) is 1. The van der Waals surface area contributed by atoms with Gasteiger partial charge >= 0.3 is 0 Å². The number of H-pyrrole nitrogens is 1. The van der Waals surface area contributed by atoms with Crippen LogP contribution in [0.1, 0.15) is 33.2 Å². The van der Waals surface area contributed by atoms with E-state index in [4.69, 9.17) is 0 Å². The first-order valence-corrected chi connectivity index (χ1v) is 7.91. The van der Waals surface area contributed by atoms with E-state index in [1.165, 1.54) is 10.9 Å². The predicted octanol–water partition coefficient (Wildman–Crippen LogP) is 2.63. The maximum Gasteiger partial charge on any atom is 0.255 e. The standard InChI is InChI=1S/C19H16N2O2/c22-10-11-9-15-12-5-3-4-8-16(12)20-17(15)18-13-6-1-2-7-14(13)19(23)21(11)18/h1-8,11,18,20,22H,9-10H2/t11-,18-/m0/s1. The number of hydrogen-bond donors (Lipinski definition) is 2. The van der Waals surface area contributed by atoms with Gasteiger partial charge in [0.2, 0.25) is 0 Å². The van der Waals surface area contributed by atoms with E-state index in [0.29, 0.717) is 6.42 Å². The Hall–Kier alpha value is -2.59. The number of aliphatic hydroxyl groups excluding tert-OH is 1. The number of nitrogens with one attached hydrogen (secondary N) is 1. The molecule has 0 aliphatic carbocycles. The van der Waals surface area contributed by atoms with Gasteiger partial charge < -0.3 is 15.0 Å². The average molecular weight is 304 g/mol. The lowest BCUT2D eigenvalue weighted by molar-refractivity contribution is 0.0531. The zero-order valence-electron chi connectivity index (χ0n) is 12.5. The summed E-state index contributed by atoms with van der Waals surface area (Å²) in [6, 6.07) is 15.7. The van der Waals surface area contributed by atoms with Crippen molar-refractivity contribution in [2.75, 3.05) is 6.61 Å². The summed E-state index contributed by atoms with van der Waals surface area (Å²) in [5.41, 5.74) is 5.19. The van der Waals surface area contributed by atoms with Crippen molar-refractivity contribution in [1.29, 1.82) is 0 Å². The summed E-state index contributed by atoms with van der Waals surface area (Å²) in [6.07, 6.45) is 0.687. The van der Waals surface area contributed by atoms with Gasteiger partial charge in [-0.25, -0.2) is 0 Å². The van der Waals surface area contributed by atoms with Crippen LogP contribution in [0.5, 0.6) is 0 Å².